The number of esters is 1. The summed E-state index contributed by atoms with van der Waals surface area (Å²) >= 11 is 0. The Morgan fingerprint density at radius 1 is 0.964 bits per heavy atom. The Labute approximate surface area is 170 Å². The first kappa shape index (κ1) is 18.2. The molecule has 8 bridgehead atoms. The summed E-state index contributed by atoms with van der Waals surface area (Å²) < 4.78 is 13.1. The van der Waals surface area contributed by atoms with Crippen LogP contribution in [0.2, 0.25) is 0 Å². The minimum absolute atomic E-state index is 0.0543. The van der Waals surface area contributed by atoms with Crippen molar-refractivity contribution in [2.24, 2.45) is 35.5 Å². The van der Waals surface area contributed by atoms with Crippen LogP contribution in [0.3, 0.4) is 0 Å². The minimum Gasteiger partial charge on any atom is -0.457 e. The average molecular weight is 386 g/mol. The zero-order valence-electron chi connectivity index (χ0n) is 17.8. The van der Waals surface area contributed by atoms with Gasteiger partial charge in [0.1, 0.15) is 5.60 Å². The van der Waals surface area contributed by atoms with Crippen LogP contribution >= 0.6 is 0 Å². The summed E-state index contributed by atoms with van der Waals surface area (Å²) in [5, 5.41) is 0. The molecule has 28 heavy (non-hydrogen) atoms. The number of carbonyl (C=O) groups is 1. The Kier molecular flexibility index (Phi) is 4.05. The minimum atomic E-state index is -0.419. The van der Waals surface area contributed by atoms with Crippen LogP contribution in [0.25, 0.3) is 0 Å². The van der Waals surface area contributed by atoms with E-state index in [0.717, 1.165) is 49.4 Å². The van der Waals surface area contributed by atoms with Crippen LogP contribution in [0.4, 0.5) is 0 Å². The van der Waals surface area contributed by atoms with Crippen LogP contribution in [-0.4, -0.2) is 23.3 Å². The fraction of sp³-hybridized carbons (Fsp3) is 0.920. The first-order valence-electron chi connectivity index (χ1n) is 12.2. The van der Waals surface area contributed by atoms with Crippen LogP contribution in [0.1, 0.15) is 90.9 Å². The summed E-state index contributed by atoms with van der Waals surface area (Å²) in [4.78, 5) is 13.3. The van der Waals surface area contributed by atoms with E-state index in [1.165, 1.54) is 51.4 Å². The maximum absolute atomic E-state index is 13.3. The van der Waals surface area contributed by atoms with Crippen molar-refractivity contribution in [2.45, 2.75) is 108 Å². The summed E-state index contributed by atoms with van der Waals surface area (Å²) in [6.07, 6.45) is 14.6. The van der Waals surface area contributed by atoms with Gasteiger partial charge < -0.3 is 9.47 Å². The van der Waals surface area contributed by atoms with Crippen molar-refractivity contribution in [3.63, 3.8) is 0 Å². The van der Waals surface area contributed by atoms with Crippen molar-refractivity contribution in [3.05, 3.63) is 5.92 Å². The molecule has 8 fully saturated rings. The molecular weight excluding hydrogens is 348 g/mol. The van der Waals surface area contributed by atoms with E-state index < -0.39 is 6.10 Å². The van der Waals surface area contributed by atoms with E-state index >= 15 is 0 Å². The normalized spacial score (nSPS) is 52.2. The van der Waals surface area contributed by atoms with E-state index in [9.17, 15) is 4.79 Å². The third kappa shape index (κ3) is 2.67. The second-order valence-electron chi connectivity index (χ2n) is 11.7. The van der Waals surface area contributed by atoms with Gasteiger partial charge in [-0.05, 0) is 125 Å². The lowest BCUT2D eigenvalue weighted by atomic mass is 9.49. The van der Waals surface area contributed by atoms with E-state index in [2.05, 4.69) is 6.92 Å². The van der Waals surface area contributed by atoms with Crippen LogP contribution < -0.4 is 0 Å². The van der Waals surface area contributed by atoms with Gasteiger partial charge in [-0.25, -0.2) is 4.79 Å². The second-order valence-corrected chi connectivity index (χ2v) is 11.7. The highest BCUT2D eigenvalue weighted by Gasteiger charge is 2.59. The van der Waals surface area contributed by atoms with Crippen LogP contribution in [0.5, 0.6) is 0 Å². The molecule has 8 rings (SSSR count). The van der Waals surface area contributed by atoms with Gasteiger partial charge in [-0.2, -0.15) is 0 Å². The van der Waals surface area contributed by atoms with Gasteiger partial charge in [-0.15, -0.1) is 0 Å². The molecule has 8 saturated carbocycles. The Balaban J connectivity index is 1.17. The standard InChI is InChI=1S/C25H37O3/c1-3-25(21-8-16-4-17(10-21)11-22(25)9-16)28-23(26)15(2)27-24-12-18-5-19(13-24)7-20(6-18)14-24/h15-19,21-22H,3-14H2,1-2H3. The monoisotopic (exact) mass is 385 g/mol. The molecule has 155 valence electrons. The summed E-state index contributed by atoms with van der Waals surface area (Å²) in [5.41, 5.74) is -0.250. The lowest BCUT2D eigenvalue weighted by Gasteiger charge is -2.60. The number of hydrogen-bond donors (Lipinski definition) is 0. The van der Waals surface area contributed by atoms with E-state index in [1.807, 2.05) is 6.92 Å². The molecule has 8 aliphatic rings. The first-order valence-corrected chi connectivity index (χ1v) is 12.2. The first-order chi connectivity index (χ1) is 13.5. The summed E-state index contributed by atoms with van der Waals surface area (Å²) in [6.45, 7) is 4.21. The molecule has 3 nitrogen and oxygen atoms in total. The number of carbonyl (C=O) groups excluding carboxylic acids is 1. The van der Waals surface area contributed by atoms with Crippen molar-refractivity contribution in [2.75, 3.05) is 0 Å². The number of rotatable bonds is 5. The van der Waals surface area contributed by atoms with Gasteiger partial charge in [-0.1, -0.05) is 6.92 Å². The predicted molar refractivity (Wildman–Crippen MR) is 107 cm³/mol. The number of ether oxygens (including phenoxy) is 2. The fourth-order valence-corrected chi connectivity index (χ4v) is 9.36. The summed E-state index contributed by atoms with van der Waals surface area (Å²) in [6, 6.07) is 0. The SMILES string of the molecule is CCC1(OC(=O)C(C)OC23C[C]4CC(CC(C4)C2)C3)C2CC3CC(C2)CC1C3. The molecule has 3 atom stereocenters. The molecule has 0 aromatic heterocycles. The molecule has 0 amide bonds. The highest BCUT2D eigenvalue weighted by molar-refractivity contribution is 5.75. The Morgan fingerprint density at radius 2 is 1.54 bits per heavy atom. The molecule has 0 spiro atoms. The highest BCUT2D eigenvalue weighted by atomic mass is 16.6. The topological polar surface area (TPSA) is 35.5 Å². The van der Waals surface area contributed by atoms with E-state index in [-0.39, 0.29) is 17.2 Å². The zero-order valence-corrected chi connectivity index (χ0v) is 17.8. The molecule has 0 saturated heterocycles. The van der Waals surface area contributed by atoms with Gasteiger partial charge >= 0.3 is 5.97 Å². The largest absolute Gasteiger partial charge is 0.457 e. The maximum Gasteiger partial charge on any atom is 0.335 e. The fourth-order valence-electron chi connectivity index (χ4n) is 9.36. The molecule has 3 heteroatoms. The quantitative estimate of drug-likeness (QED) is 0.589. The average Bonchev–Trinajstić information content (AvgIpc) is 2.62. The Hall–Kier alpha value is -0.570. The lowest BCUT2D eigenvalue weighted by Crippen LogP contribution is -2.60. The molecule has 3 unspecified atom stereocenters. The van der Waals surface area contributed by atoms with Gasteiger partial charge in [0.05, 0.1) is 5.60 Å². The molecule has 0 N–H and O–H groups in total. The molecule has 0 aliphatic heterocycles. The van der Waals surface area contributed by atoms with E-state index in [0.29, 0.717) is 11.8 Å². The predicted octanol–water partition coefficient (Wildman–Crippen LogP) is 5.47. The third-order valence-corrected chi connectivity index (χ3v) is 9.84. The third-order valence-electron chi connectivity index (χ3n) is 9.84. The van der Waals surface area contributed by atoms with E-state index in [4.69, 9.17) is 9.47 Å². The Bertz CT molecular complexity index is 589. The molecule has 0 aromatic carbocycles. The van der Waals surface area contributed by atoms with Gasteiger partial charge in [0, 0.05) is 0 Å². The van der Waals surface area contributed by atoms with Gasteiger partial charge in [0.2, 0.25) is 0 Å². The lowest BCUT2D eigenvalue weighted by molar-refractivity contribution is -0.229. The molecule has 0 aromatic rings. The van der Waals surface area contributed by atoms with Crippen molar-refractivity contribution < 1.29 is 14.3 Å². The van der Waals surface area contributed by atoms with Crippen molar-refractivity contribution in [3.8, 4) is 0 Å². The molecule has 0 heterocycles. The van der Waals surface area contributed by atoms with Gasteiger partial charge in [-0.3, -0.25) is 0 Å². The smallest absolute Gasteiger partial charge is 0.335 e. The van der Waals surface area contributed by atoms with Crippen molar-refractivity contribution in [1.29, 1.82) is 0 Å². The van der Waals surface area contributed by atoms with Gasteiger partial charge in [0.15, 0.2) is 6.10 Å². The maximum atomic E-state index is 13.3. The van der Waals surface area contributed by atoms with Crippen LogP contribution in [0.15, 0.2) is 0 Å². The van der Waals surface area contributed by atoms with Crippen molar-refractivity contribution >= 4 is 5.97 Å². The second kappa shape index (κ2) is 6.22. The summed E-state index contributed by atoms with van der Waals surface area (Å²) in [5.74, 6) is 6.26. The van der Waals surface area contributed by atoms with Crippen LogP contribution in [0, 0.1) is 41.4 Å². The molecule has 8 aliphatic carbocycles. The molecular formula is C25H37O3. The Morgan fingerprint density at radius 3 is 2.07 bits per heavy atom. The molecule has 1 radical (unpaired) electrons. The number of hydrogen-bond acceptors (Lipinski definition) is 3. The van der Waals surface area contributed by atoms with Crippen LogP contribution in [-0.2, 0) is 14.3 Å². The van der Waals surface area contributed by atoms with E-state index in [1.54, 1.807) is 5.92 Å². The van der Waals surface area contributed by atoms with Crippen molar-refractivity contribution in [1.82, 2.24) is 0 Å². The zero-order chi connectivity index (χ0) is 19.1. The summed E-state index contributed by atoms with van der Waals surface area (Å²) in [7, 11) is 0. The highest BCUT2D eigenvalue weighted by Crippen LogP contribution is 2.61. The van der Waals surface area contributed by atoms with Gasteiger partial charge in [0.25, 0.3) is 0 Å².